The molecule has 0 bridgehead atoms. The first-order valence-corrected chi connectivity index (χ1v) is 8.41. The Hall–Kier alpha value is -1.85. The van der Waals surface area contributed by atoms with E-state index in [2.05, 4.69) is 5.10 Å². The van der Waals surface area contributed by atoms with E-state index in [1.165, 1.54) is 0 Å². The maximum atomic E-state index is 12.6. The van der Waals surface area contributed by atoms with Crippen molar-refractivity contribution in [1.29, 1.82) is 0 Å². The minimum atomic E-state index is -0.846. The summed E-state index contributed by atoms with van der Waals surface area (Å²) in [5.74, 6) is -0.351. The zero-order chi connectivity index (χ0) is 16.7. The van der Waals surface area contributed by atoms with Crippen LogP contribution in [0.4, 0.5) is 0 Å². The highest BCUT2D eigenvalue weighted by Crippen LogP contribution is 2.42. The van der Waals surface area contributed by atoms with Gasteiger partial charge in [-0.3, -0.25) is 9.48 Å². The van der Waals surface area contributed by atoms with Crippen molar-refractivity contribution < 1.29 is 14.7 Å². The van der Waals surface area contributed by atoms with Gasteiger partial charge in [0.15, 0.2) is 0 Å². The van der Waals surface area contributed by atoms with Crippen LogP contribution in [0, 0.1) is 25.7 Å². The number of amides is 1. The predicted octanol–water partition coefficient (Wildman–Crippen LogP) is 1.68. The van der Waals surface area contributed by atoms with Gasteiger partial charge in [-0.05, 0) is 50.5 Å². The molecule has 23 heavy (non-hydrogen) atoms. The van der Waals surface area contributed by atoms with Gasteiger partial charge in [0.2, 0.25) is 5.91 Å². The standard InChI is InChI=1S/C17H25N3O3/c1-10-13(11(2)19(3)18-10)7-8-15(21)20-9-12-5-4-6-14(12)16(20)17(22)23/h12,14,16H,4-9H2,1-3H3,(H,22,23). The van der Waals surface area contributed by atoms with Crippen molar-refractivity contribution in [2.45, 2.75) is 52.0 Å². The molecule has 2 fully saturated rings. The number of carboxylic acids is 1. The van der Waals surface area contributed by atoms with Crippen molar-refractivity contribution in [2.75, 3.05) is 6.54 Å². The van der Waals surface area contributed by atoms with E-state index in [1.807, 2.05) is 25.6 Å². The Balaban J connectivity index is 1.69. The van der Waals surface area contributed by atoms with Crippen LogP contribution < -0.4 is 0 Å². The van der Waals surface area contributed by atoms with E-state index in [4.69, 9.17) is 0 Å². The third-order valence-corrected chi connectivity index (χ3v) is 5.71. The first kappa shape index (κ1) is 16.0. The van der Waals surface area contributed by atoms with E-state index in [1.54, 1.807) is 4.90 Å². The van der Waals surface area contributed by atoms with Crippen LogP contribution in [0.3, 0.4) is 0 Å². The fourth-order valence-corrected chi connectivity index (χ4v) is 4.43. The van der Waals surface area contributed by atoms with Crippen molar-refractivity contribution in [3.05, 3.63) is 17.0 Å². The molecular weight excluding hydrogens is 294 g/mol. The number of carbonyl (C=O) groups is 2. The Kier molecular flexibility index (Phi) is 4.17. The van der Waals surface area contributed by atoms with Gasteiger partial charge in [0.1, 0.15) is 6.04 Å². The predicted molar refractivity (Wildman–Crippen MR) is 85.0 cm³/mol. The average molecular weight is 319 g/mol. The monoisotopic (exact) mass is 319 g/mol. The van der Waals surface area contributed by atoms with Crippen LogP contribution in [0.2, 0.25) is 0 Å². The Morgan fingerprint density at radius 1 is 1.30 bits per heavy atom. The summed E-state index contributed by atoms with van der Waals surface area (Å²) in [4.78, 5) is 25.9. The summed E-state index contributed by atoms with van der Waals surface area (Å²) in [5.41, 5.74) is 3.13. The molecule has 1 amide bonds. The second kappa shape index (κ2) is 5.98. The molecule has 1 N–H and O–H groups in total. The van der Waals surface area contributed by atoms with E-state index in [-0.39, 0.29) is 11.8 Å². The maximum Gasteiger partial charge on any atom is 0.326 e. The molecule has 1 aliphatic heterocycles. The van der Waals surface area contributed by atoms with Crippen molar-refractivity contribution in [3.63, 3.8) is 0 Å². The Morgan fingerprint density at radius 2 is 2.04 bits per heavy atom. The molecule has 1 saturated carbocycles. The van der Waals surface area contributed by atoms with Gasteiger partial charge < -0.3 is 10.0 Å². The van der Waals surface area contributed by atoms with E-state index in [0.29, 0.717) is 25.3 Å². The lowest BCUT2D eigenvalue weighted by Crippen LogP contribution is -2.43. The quantitative estimate of drug-likeness (QED) is 0.916. The van der Waals surface area contributed by atoms with Crippen molar-refractivity contribution in [1.82, 2.24) is 14.7 Å². The van der Waals surface area contributed by atoms with Gasteiger partial charge >= 0.3 is 5.97 Å². The fraction of sp³-hybridized carbons (Fsp3) is 0.706. The first-order valence-electron chi connectivity index (χ1n) is 8.41. The Bertz CT molecular complexity index is 637. The van der Waals surface area contributed by atoms with E-state index < -0.39 is 12.0 Å². The second-order valence-electron chi connectivity index (χ2n) is 6.96. The molecule has 3 rings (SSSR count). The molecule has 1 saturated heterocycles. The molecule has 3 unspecified atom stereocenters. The van der Waals surface area contributed by atoms with Crippen LogP contribution in [-0.4, -0.2) is 44.3 Å². The number of aliphatic carboxylic acids is 1. The van der Waals surface area contributed by atoms with Crippen LogP contribution in [0.15, 0.2) is 0 Å². The van der Waals surface area contributed by atoms with E-state index in [0.717, 1.165) is 36.2 Å². The number of nitrogens with zero attached hydrogens (tertiary/aromatic N) is 3. The molecule has 1 aliphatic carbocycles. The zero-order valence-electron chi connectivity index (χ0n) is 14.1. The Labute approximate surface area is 136 Å². The third-order valence-electron chi connectivity index (χ3n) is 5.71. The number of hydrogen-bond donors (Lipinski definition) is 1. The summed E-state index contributed by atoms with van der Waals surface area (Å²) >= 11 is 0. The van der Waals surface area contributed by atoms with Crippen LogP contribution >= 0.6 is 0 Å². The number of likely N-dealkylation sites (tertiary alicyclic amines) is 1. The number of carboxylic acid groups (broad SMARTS) is 1. The second-order valence-corrected chi connectivity index (χ2v) is 6.96. The number of rotatable bonds is 4. The fourth-order valence-electron chi connectivity index (χ4n) is 4.43. The SMILES string of the molecule is Cc1nn(C)c(C)c1CCC(=O)N1CC2CCCC2C1C(=O)O. The summed E-state index contributed by atoms with van der Waals surface area (Å²) in [6, 6.07) is -0.619. The van der Waals surface area contributed by atoms with Gasteiger partial charge in [-0.1, -0.05) is 6.42 Å². The topological polar surface area (TPSA) is 75.4 Å². The molecule has 1 aromatic rings. The maximum absolute atomic E-state index is 12.6. The van der Waals surface area contributed by atoms with Gasteiger partial charge in [-0.15, -0.1) is 0 Å². The number of aromatic nitrogens is 2. The lowest BCUT2D eigenvalue weighted by atomic mass is 9.94. The lowest BCUT2D eigenvalue weighted by molar-refractivity contribution is -0.149. The van der Waals surface area contributed by atoms with Crippen LogP contribution in [0.25, 0.3) is 0 Å². The molecular formula is C17H25N3O3. The molecule has 0 aromatic carbocycles. The van der Waals surface area contributed by atoms with E-state index in [9.17, 15) is 14.7 Å². The van der Waals surface area contributed by atoms with Gasteiger partial charge in [0.05, 0.1) is 5.69 Å². The molecule has 0 spiro atoms. The zero-order valence-corrected chi connectivity index (χ0v) is 14.1. The summed E-state index contributed by atoms with van der Waals surface area (Å²) in [7, 11) is 1.90. The van der Waals surface area contributed by atoms with Crippen molar-refractivity contribution in [3.8, 4) is 0 Å². The van der Waals surface area contributed by atoms with Gasteiger partial charge in [0, 0.05) is 25.7 Å². The van der Waals surface area contributed by atoms with Crippen molar-refractivity contribution in [2.24, 2.45) is 18.9 Å². The highest BCUT2D eigenvalue weighted by Gasteiger charge is 2.49. The van der Waals surface area contributed by atoms with Crippen LogP contribution in [0.1, 0.15) is 42.6 Å². The molecule has 6 heteroatoms. The smallest absolute Gasteiger partial charge is 0.326 e. The minimum absolute atomic E-state index is 0.0329. The molecule has 1 aromatic heterocycles. The van der Waals surface area contributed by atoms with Gasteiger partial charge in [-0.2, -0.15) is 5.10 Å². The van der Waals surface area contributed by atoms with Crippen LogP contribution in [-0.2, 0) is 23.1 Å². The van der Waals surface area contributed by atoms with Crippen LogP contribution in [0.5, 0.6) is 0 Å². The average Bonchev–Trinajstić information content (AvgIpc) is 3.11. The highest BCUT2D eigenvalue weighted by atomic mass is 16.4. The molecule has 6 nitrogen and oxygen atoms in total. The van der Waals surface area contributed by atoms with Gasteiger partial charge in [0.25, 0.3) is 0 Å². The van der Waals surface area contributed by atoms with E-state index >= 15 is 0 Å². The highest BCUT2D eigenvalue weighted by molar-refractivity contribution is 5.85. The molecule has 3 atom stereocenters. The number of aryl methyl sites for hydroxylation is 2. The number of fused-ring (bicyclic) bond motifs is 1. The molecule has 2 heterocycles. The normalized spacial score (nSPS) is 26.6. The summed E-state index contributed by atoms with van der Waals surface area (Å²) in [5, 5.41) is 13.9. The minimum Gasteiger partial charge on any atom is -0.480 e. The molecule has 126 valence electrons. The first-order chi connectivity index (χ1) is 10.9. The summed E-state index contributed by atoms with van der Waals surface area (Å²) < 4.78 is 1.83. The Morgan fingerprint density at radius 3 is 2.65 bits per heavy atom. The number of hydrogen-bond acceptors (Lipinski definition) is 3. The summed E-state index contributed by atoms with van der Waals surface area (Å²) in [6.45, 7) is 4.57. The largest absolute Gasteiger partial charge is 0.480 e. The molecule has 2 aliphatic rings. The summed E-state index contributed by atoms with van der Waals surface area (Å²) in [6.07, 6.45) is 4.07. The van der Waals surface area contributed by atoms with Gasteiger partial charge in [-0.25, -0.2) is 4.79 Å². The molecule has 0 radical (unpaired) electrons. The number of carbonyl (C=O) groups excluding carboxylic acids is 1. The lowest BCUT2D eigenvalue weighted by Gasteiger charge is -2.24. The van der Waals surface area contributed by atoms with Crippen molar-refractivity contribution >= 4 is 11.9 Å². The third kappa shape index (κ3) is 2.75.